The number of halogens is 1. The number of aromatic carboxylic acids is 1. The maximum atomic E-state index is 13.1. The van der Waals surface area contributed by atoms with Gasteiger partial charge in [-0.2, -0.15) is 0 Å². The lowest BCUT2D eigenvalue weighted by Gasteiger charge is -2.57. The molecular formula is C30H29ClN2O3. The van der Waals surface area contributed by atoms with Gasteiger partial charge in [0.2, 0.25) is 0 Å². The number of benzene rings is 3. The summed E-state index contributed by atoms with van der Waals surface area (Å²) in [4.78, 5) is 24.6. The highest BCUT2D eigenvalue weighted by molar-refractivity contribution is 6.34. The Hall–Kier alpha value is -3.31. The minimum Gasteiger partial charge on any atom is -0.478 e. The zero-order chi connectivity index (χ0) is 24.9. The molecule has 3 N–H and O–H groups in total. The molecule has 0 heterocycles. The van der Waals surface area contributed by atoms with Gasteiger partial charge in [-0.3, -0.25) is 4.79 Å². The molecule has 0 spiro atoms. The Morgan fingerprint density at radius 1 is 0.833 bits per heavy atom. The van der Waals surface area contributed by atoms with E-state index in [2.05, 4.69) is 22.8 Å². The van der Waals surface area contributed by atoms with Crippen LogP contribution < -0.4 is 10.6 Å². The SMILES string of the molecule is O=C(Nc1ccc(C23CC4CC(CC(C4)C2)C3)cc1Cl)c1cccc(Nc2ccccc2C(=O)O)c1. The molecule has 184 valence electrons. The fraction of sp³-hybridized carbons (Fsp3) is 0.333. The van der Waals surface area contributed by atoms with Crippen LogP contribution in [0.3, 0.4) is 0 Å². The fourth-order valence-electron chi connectivity index (χ4n) is 7.28. The Morgan fingerprint density at radius 2 is 1.53 bits per heavy atom. The summed E-state index contributed by atoms with van der Waals surface area (Å²) in [6.45, 7) is 0. The zero-order valence-electron chi connectivity index (χ0n) is 20.0. The van der Waals surface area contributed by atoms with E-state index in [4.69, 9.17) is 11.6 Å². The highest BCUT2D eigenvalue weighted by Gasteiger charge is 2.51. The predicted molar refractivity (Wildman–Crippen MR) is 142 cm³/mol. The second-order valence-electron chi connectivity index (χ2n) is 10.9. The van der Waals surface area contributed by atoms with E-state index in [1.54, 1.807) is 42.5 Å². The number of anilines is 3. The summed E-state index contributed by atoms with van der Waals surface area (Å²) in [6.07, 6.45) is 8.01. The van der Waals surface area contributed by atoms with Gasteiger partial charge in [-0.15, -0.1) is 0 Å². The van der Waals surface area contributed by atoms with Gasteiger partial charge in [-0.1, -0.05) is 35.9 Å². The summed E-state index contributed by atoms with van der Waals surface area (Å²) in [7, 11) is 0. The lowest BCUT2D eigenvalue weighted by atomic mass is 9.48. The van der Waals surface area contributed by atoms with Gasteiger partial charge < -0.3 is 15.7 Å². The van der Waals surface area contributed by atoms with E-state index >= 15 is 0 Å². The maximum absolute atomic E-state index is 13.1. The Kier molecular flexibility index (Phi) is 5.76. The van der Waals surface area contributed by atoms with Crippen molar-refractivity contribution in [1.82, 2.24) is 0 Å². The van der Waals surface area contributed by atoms with Gasteiger partial charge in [-0.05, 0) is 110 Å². The number of carbonyl (C=O) groups is 2. The first kappa shape index (κ1) is 23.1. The summed E-state index contributed by atoms with van der Waals surface area (Å²) in [5, 5.41) is 16.1. The third kappa shape index (κ3) is 4.26. The number of rotatable bonds is 6. The van der Waals surface area contributed by atoms with Crippen molar-refractivity contribution in [3.63, 3.8) is 0 Å². The molecule has 4 bridgehead atoms. The Labute approximate surface area is 215 Å². The van der Waals surface area contributed by atoms with Crippen LogP contribution in [0.5, 0.6) is 0 Å². The van der Waals surface area contributed by atoms with Crippen molar-refractivity contribution in [3.8, 4) is 0 Å². The van der Waals surface area contributed by atoms with Crippen molar-refractivity contribution in [3.05, 3.63) is 88.4 Å². The zero-order valence-corrected chi connectivity index (χ0v) is 20.7. The average Bonchev–Trinajstić information content (AvgIpc) is 2.85. The molecule has 4 aliphatic carbocycles. The smallest absolute Gasteiger partial charge is 0.337 e. The Balaban J connectivity index is 1.19. The highest BCUT2D eigenvalue weighted by atomic mass is 35.5. The van der Waals surface area contributed by atoms with Crippen LogP contribution in [0, 0.1) is 17.8 Å². The minimum absolute atomic E-state index is 0.165. The van der Waals surface area contributed by atoms with Gasteiger partial charge in [0, 0.05) is 11.3 Å². The van der Waals surface area contributed by atoms with Gasteiger partial charge in [-0.25, -0.2) is 4.79 Å². The van der Waals surface area contributed by atoms with E-state index in [0.717, 1.165) is 17.8 Å². The molecule has 0 saturated heterocycles. The van der Waals surface area contributed by atoms with Crippen LogP contribution in [-0.2, 0) is 5.41 Å². The molecule has 4 fully saturated rings. The van der Waals surface area contributed by atoms with Gasteiger partial charge >= 0.3 is 5.97 Å². The highest BCUT2D eigenvalue weighted by Crippen LogP contribution is 2.61. The van der Waals surface area contributed by atoms with Gasteiger partial charge in [0.25, 0.3) is 5.91 Å². The Bertz CT molecular complexity index is 1320. The molecule has 0 aromatic heterocycles. The number of nitrogens with one attached hydrogen (secondary N) is 2. The molecule has 5 nitrogen and oxygen atoms in total. The first-order chi connectivity index (χ1) is 17.4. The normalized spacial score (nSPS) is 26.0. The standard InChI is InChI=1S/C30H29ClN2O3/c31-25-14-22(30-15-18-10-19(16-30)12-20(11-18)17-30)8-9-27(25)33-28(34)21-4-3-5-23(13-21)32-26-7-2-1-6-24(26)29(35)36/h1-9,13-14,18-20,32H,10-12,15-17H2,(H,33,34)(H,35,36). The van der Waals surface area contributed by atoms with E-state index in [0.29, 0.717) is 27.6 Å². The van der Waals surface area contributed by atoms with Crippen LogP contribution in [-0.4, -0.2) is 17.0 Å². The minimum atomic E-state index is -1.02. The molecule has 1 amide bonds. The van der Waals surface area contributed by atoms with Crippen LogP contribution in [0.15, 0.2) is 66.7 Å². The summed E-state index contributed by atoms with van der Waals surface area (Å²) in [5.74, 6) is 1.29. The summed E-state index contributed by atoms with van der Waals surface area (Å²) in [5.41, 5.74) is 3.89. The summed E-state index contributed by atoms with van der Waals surface area (Å²) < 4.78 is 0. The molecule has 36 heavy (non-hydrogen) atoms. The number of carbonyl (C=O) groups excluding carboxylic acids is 1. The maximum Gasteiger partial charge on any atom is 0.337 e. The number of carboxylic acid groups (broad SMARTS) is 1. The summed E-state index contributed by atoms with van der Waals surface area (Å²) in [6, 6.07) is 19.8. The second kappa shape index (κ2) is 8.97. The van der Waals surface area contributed by atoms with Gasteiger partial charge in [0.15, 0.2) is 0 Å². The van der Waals surface area contributed by atoms with Crippen LogP contribution in [0.2, 0.25) is 5.02 Å². The lowest BCUT2D eigenvalue weighted by molar-refractivity contribution is -0.00518. The quantitative estimate of drug-likeness (QED) is 0.327. The number of hydrogen-bond acceptors (Lipinski definition) is 3. The number of hydrogen-bond donors (Lipinski definition) is 3. The number of para-hydroxylation sites is 1. The molecule has 0 atom stereocenters. The van der Waals surface area contributed by atoms with Crippen molar-refractivity contribution in [1.29, 1.82) is 0 Å². The monoisotopic (exact) mass is 500 g/mol. The van der Waals surface area contributed by atoms with E-state index in [1.807, 2.05) is 6.07 Å². The Morgan fingerprint density at radius 3 is 2.19 bits per heavy atom. The fourth-order valence-corrected chi connectivity index (χ4v) is 7.51. The van der Waals surface area contributed by atoms with E-state index in [-0.39, 0.29) is 16.9 Å². The topological polar surface area (TPSA) is 78.4 Å². The molecule has 3 aromatic carbocycles. The van der Waals surface area contributed by atoms with Crippen molar-refractivity contribution in [2.24, 2.45) is 17.8 Å². The molecule has 4 saturated carbocycles. The van der Waals surface area contributed by atoms with E-state index < -0.39 is 5.97 Å². The van der Waals surface area contributed by atoms with Crippen molar-refractivity contribution < 1.29 is 14.7 Å². The second-order valence-corrected chi connectivity index (χ2v) is 11.3. The first-order valence-corrected chi connectivity index (χ1v) is 13.1. The van der Waals surface area contributed by atoms with Gasteiger partial charge in [0.05, 0.1) is 22.0 Å². The lowest BCUT2D eigenvalue weighted by Crippen LogP contribution is -2.48. The van der Waals surface area contributed by atoms with E-state index in [9.17, 15) is 14.7 Å². The third-order valence-corrected chi connectivity index (χ3v) is 8.74. The average molecular weight is 501 g/mol. The molecule has 7 rings (SSSR count). The molecule has 0 aliphatic heterocycles. The molecule has 6 heteroatoms. The van der Waals surface area contributed by atoms with Crippen molar-refractivity contribution in [2.75, 3.05) is 10.6 Å². The largest absolute Gasteiger partial charge is 0.478 e. The molecular weight excluding hydrogens is 472 g/mol. The number of amides is 1. The first-order valence-electron chi connectivity index (χ1n) is 12.7. The summed E-state index contributed by atoms with van der Waals surface area (Å²) >= 11 is 6.70. The molecule has 0 unspecified atom stereocenters. The predicted octanol–water partition coefficient (Wildman–Crippen LogP) is 7.50. The van der Waals surface area contributed by atoms with Gasteiger partial charge in [0.1, 0.15) is 0 Å². The molecule has 3 aromatic rings. The third-order valence-electron chi connectivity index (χ3n) is 8.43. The van der Waals surface area contributed by atoms with Crippen LogP contribution in [0.25, 0.3) is 0 Å². The van der Waals surface area contributed by atoms with E-state index in [1.165, 1.54) is 50.2 Å². The van der Waals surface area contributed by atoms with Crippen LogP contribution in [0.4, 0.5) is 17.1 Å². The number of carboxylic acids is 1. The van der Waals surface area contributed by atoms with Crippen LogP contribution >= 0.6 is 11.6 Å². The van der Waals surface area contributed by atoms with Crippen molar-refractivity contribution >= 4 is 40.5 Å². The van der Waals surface area contributed by atoms with Crippen molar-refractivity contribution in [2.45, 2.75) is 43.9 Å². The molecule has 0 radical (unpaired) electrons. The van der Waals surface area contributed by atoms with Crippen LogP contribution in [0.1, 0.15) is 64.8 Å². The molecule has 4 aliphatic rings.